The lowest BCUT2D eigenvalue weighted by atomic mass is 10.0. The van der Waals surface area contributed by atoms with Crippen molar-refractivity contribution in [3.63, 3.8) is 0 Å². The number of Topliss-reactive ketones (excluding diaryl/α,β-unsaturated/α-hetero) is 1. The molecule has 0 fully saturated rings. The van der Waals surface area contributed by atoms with Gasteiger partial charge in [-0.15, -0.1) is 0 Å². The lowest BCUT2D eigenvalue weighted by molar-refractivity contribution is -0.116. The van der Waals surface area contributed by atoms with Gasteiger partial charge in [0, 0.05) is 6.42 Å². The van der Waals surface area contributed by atoms with Crippen molar-refractivity contribution in [3.05, 3.63) is 47.5 Å². The molecule has 1 aromatic carbocycles. The van der Waals surface area contributed by atoms with Gasteiger partial charge in [-0.05, 0) is 32.3 Å². The van der Waals surface area contributed by atoms with Crippen LogP contribution in [0, 0.1) is 0 Å². The SMILES string of the molecule is CC(=O)CC/C=C(\C)Cc1ccccc1. The highest BCUT2D eigenvalue weighted by Gasteiger charge is 1.94. The third-order valence-corrected chi connectivity index (χ3v) is 2.31. The van der Waals surface area contributed by atoms with Crippen LogP contribution >= 0.6 is 0 Å². The molecule has 0 saturated heterocycles. The Morgan fingerprint density at radius 2 is 1.87 bits per heavy atom. The maximum Gasteiger partial charge on any atom is 0.130 e. The molecule has 0 radical (unpaired) electrons. The smallest absolute Gasteiger partial charge is 0.130 e. The standard InChI is InChI=1S/C14H18O/c1-12(7-6-8-13(2)15)11-14-9-4-3-5-10-14/h3-5,7,9-10H,6,8,11H2,1-2H3/b12-7+. The third-order valence-electron chi connectivity index (χ3n) is 2.31. The largest absolute Gasteiger partial charge is 0.300 e. The van der Waals surface area contributed by atoms with Gasteiger partial charge in [0.25, 0.3) is 0 Å². The van der Waals surface area contributed by atoms with Crippen molar-refractivity contribution in [2.45, 2.75) is 33.1 Å². The number of carbonyl (C=O) groups excluding carboxylic acids is 1. The van der Waals surface area contributed by atoms with Gasteiger partial charge in [-0.1, -0.05) is 42.0 Å². The Kier molecular flexibility index (Phi) is 4.82. The van der Waals surface area contributed by atoms with Crippen LogP contribution in [0.5, 0.6) is 0 Å². The predicted octanol–water partition coefficient (Wildman–Crippen LogP) is 3.54. The van der Waals surface area contributed by atoms with Gasteiger partial charge in [0.2, 0.25) is 0 Å². The highest BCUT2D eigenvalue weighted by Crippen LogP contribution is 2.08. The van der Waals surface area contributed by atoms with Gasteiger partial charge in [0.1, 0.15) is 5.78 Å². The van der Waals surface area contributed by atoms with Crippen molar-refractivity contribution in [3.8, 4) is 0 Å². The molecule has 1 nitrogen and oxygen atoms in total. The van der Waals surface area contributed by atoms with Crippen molar-refractivity contribution in [1.29, 1.82) is 0 Å². The summed E-state index contributed by atoms with van der Waals surface area (Å²) in [6.45, 7) is 3.76. The monoisotopic (exact) mass is 202 g/mol. The summed E-state index contributed by atoms with van der Waals surface area (Å²) in [6, 6.07) is 10.4. The second kappa shape index (κ2) is 6.18. The Bertz CT molecular complexity index is 336. The second-order valence-corrected chi connectivity index (χ2v) is 3.95. The zero-order chi connectivity index (χ0) is 11.1. The topological polar surface area (TPSA) is 17.1 Å². The molecule has 0 heterocycles. The zero-order valence-corrected chi connectivity index (χ0v) is 9.49. The second-order valence-electron chi connectivity index (χ2n) is 3.95. The van der Waals surface area contributed by atoms with E-state index >= 15 is 0 Å². The van der Waals surface area contributed by atoms with Crippen LogP contribution < -0.4 is 0 Å². The van der Waals surface area contributed by atoms with Gasteiger partial charge in [-0.2, -0.15) is 0 Å². The fourth-order valence-corrected chi connectivity index (χ4v) is 1.51. The molecule has 0 aliphatic rings. The Hall–Kier alpha value is -1.37. The van der Waals surface area contributed by atoms with Crippen LogP contribution in [-0.4, -0.2) is 5.78 Å². The summed E-state index contributed by atoms with van der Waals surface area (Å²) >= 11 is 0. The maximum atomic E-state index is 10.8. The van der Waals surface area contributed by atoms with E-state index < -0.39 is 0 Å². The fraction of sp³-hybridized carbons (Fsp3) is 0.357. The quantitative estimate of drug-likeness (QED) is 0.667. The lowest BCUT2D eigenvalue weighted by Gasteiger charge is -2.01. The van der Waals surface area contributed by atoms with Gasteiger partial charge in [0.05, 0.1) is 0 Å². The van der Waals surface area contributed by atoms with Crippen LogP contribution in [0.1, 0.15) is 32.3 Å². The van der Waals surface area contributed by atoms with Crippen LogP contribution in [0.3, 0.4) is 0 Å². The first kappa shape index (κ1) is 11.7. The predicted molar refractivity (Wildman–Crippen MR) is 63.8 cm³/mol. The number of benzene rings is 1. The highest BCUT2D eigenvalue weighted by atomic mass is 16.1. The van der Waals surface area contributed by atoms with Crippen molar-refractivity contribution >= 4 is 5.78 Å². The molecule has 1 rings (SSSR count). The fourth-order valence-electron chi connectivity index (χ4n) is 1.51. The number of hydrogen-bond acceptors (Lipinski definition) is 1. The first-order chi connectivity index (χ1) is 7.18. The molecular weight excluding hydrogens is 184 g/mol. The van der Waals surface area contributed by atoms with E-state index in [0.717, 1.165) is 12.8 Å². The van der Waals surface area contributed by atoms with E-state index in [1.54, 1.807) is 6.92 Å². The summed E-state index contributed by atoms with van der Waals surface area (Å²) < 4.78 is 0. The minimum Gasteiger partial charge on any atom is -0.300 e. The number of carbonyl (C=O) groups is 1. The average molecular weight is 202 g/mol. The zero-order valence-electron chi connectivity index (χ0n) is 9.49. The van der Waals surface area contributed by atoms with E-state index in [1.807, 2.05) is 6.07 Å². The molecule has 0 atom stereocenters. The molecule has 15 heavy (non-hydrogen) atoms. The molecule has 1 heteroatoms. The molecular formula is C14H18O. The molecule has 0 unspecified atom stereocenters. The van der Waals surface area contributed by atoms with Gasteiger partial charge >= 0.3 is 0 Å². The summed E-state index contributed by atoms with van der Waals surface area (Å²) in [5, 5.41) is 0. The average Bonchev–Trinajstić information content (AvgIpc) is 2.18. The van der Waals surface area contributed by atoms with E-state index in [-0.39, 0.29) is 5.78 Å². The van der Waals surface area contributed by atoms with Crippen LogP contribution in [0.15, 0.2) is 42.0 Å². The molecule has 0 spiro atoms. The minimum absolute atomic E-state index is 0.263. The van der Waals surface area contributed by atoms with E-state index in [0.29, 0.717) is 6.42 Å². The molecule has 0 saturated carbocycles. The number of rotatable bonds is 5. The summed E-state index contributed by atoms with van der Waals surface area (Å²) in [5.41, 5.74) is 2.66. The van der Waals surface area contributed by atoms with Crippen LogP contribution in [-0.2, 0) is 11.2 Å². The third kappa shape index (κ3) is 5.16. The van der Waals surface area contributed by atoms with Gasteiger partial charge < -0.3 is 4.79 Å². The number of ketones is 1. The van der Waals surface area contributed by atoms with Crippen molar-refractivity contribution < 1.29 is 4.79 Å². The first-order valence-electron chi connectivity index (χ1n) is 5.37. The van der Waals surface area contributed by atoms with Crippen molar-refractivity contribution in [2.75, 3.05) is 0 Å². The molecule has 1 aromatic rings. The number of allylic oxidation sites excluding steroid dienone is 2. The molecule has 0 N–H and O–H groups in total. The van der Waals surface area contributed by atoms with E-state index in [1.165, 1.54) is 11.1 Å². The first-order valence-corrected chi connectivity index (χ1v) is 5.37. The van der Waals surface area contributed by atoms with E-state index in [2.05, 4.69) is 37.3 Å². The Balaban J connectivity index is 2.41. The van der Waals surface area contributed by atoms with Crippen LogP contribution in [0.4, 0.5) is 0 Å². The van der Waals surface area contributed by atoms with E-state index in [9.17, 15) is 4.79 Å². The van der Waals surface area contributed by atoms with Crippen LogP contribution in [0.25, 0.3) is 0 Å². The normalized spacial score (nSPS) is 11.5. The van der Waals surface area contributed by atoms with Crippen molar-refractivity contribution in [1.82, 2.24) is 0 Å². The number of hydrogen-bond donors (Lipinski definition) is 0. The molecule has 0 aliphatic heterocycles. The summed E-state index contributed by atoms with van der Waals surface area (Å²) in [6.07, 6.45) is 4.67. The molecule has 0 aromatic heterocycles. The minimum atomic E-state index is 0.263. The lowest BCUT2D eigenvalue weighted by Crippen LogP contribution is -1.89. The van der Waals surface area contributed by atoms with Gasteiger partial charge in [-0.3, -0.25) is 0 Å². The molecule has 80 valence electrons. The Labute approximate surface area is 91.8 Å². The van der Waals surface area contributed by atoms with Gasteiger partial charge in [0.15, 0.2) is 0 Å². The van der Waals surface area contributed by atoms with E-state index in [4.69, 9.17) is 0 Å². The maximum absolute atomic E-state index is 10.8. The summed E-state index contributed by atoms with van der Waals surface area (Å²) in [5.74, 6) is 0.263. The van der Waals surface area contributed by atoms with Crippen molar-refractivity contribution in [2.24, 2.45) is 0 Å². The highest BCUT2D eigenvalue weighted by molar-refractivity contribution is 5.75. The van der Waals surface area contributed by atoms with Crippen LogP contribution in [0.2, 0.25) is 0 Å². The molecule has 0 amide bonds. The Morgan fingerprint density at radius 3 is 2.47 bits per heavy atom. The summed E-state index contributed by atoms with van der Waals surface area (Å²) in [7, 11) is 0. The molecule has 0 aliphatic carbocycles. The summed E-state index contributed by atoms with van der Waals surface area (Å²) in [4.78, 5) is 10.8. The van der Waals surface area contributed by atoms with Gasteiger partial charge in [-0.25, -0.2) is 0 Å². The molecule has 0 bridgehead atoms. The Morgan fingerprint density at radius 1 is 1.20 bits per heavy atom.